The summed E-state index contributed by atoms with van der Waals surface area (Å²) in [5.41, 5.74) is 0.638. The number of nitrogens with zero attached hydrogens (tertiary/aromatic N) is 1. The molecule has 1 aromatic carbocycles. The van der Waals surface area contributed by atoms with Crippen LogP contribution in [0.2, 0.25) is 0 Å². The summed E-state index contributed by atoms with van der Waals surface area (Å²) < 4.78 is 15.2. The lowest BCUT2D eigenvalue weighted by Crippen LogP contribution is -2.05. The second kappa shape index (κ2) is 5.23. The van der Waals surface area contributed by atoms with Crippen molar-refractivity contribution < 1.29 is 19.0 Å². The third kappa shape index (κ3) is 2.43. The molecule has 0 aliphatic carbocycles. The van der Waals surface area contributed by atoms with Gasteiger partial charge in [-0.15, -0.1) is 0 Å². The smallest absolute Gasteiger partial charge is 0.348 e. The van der Waals surface area contributed by atoms with E-state index < -0.39 is 5.97 Å². The molecular weight excluding hydrogens is 234 g/mol. The van der Waals surface area contributed by atoms with Crippen LogP contribution in [0, 0.1) is 11.3 Å². The van der Waals surface area contributed by atoms with Gasteiger partial charge in [0.15, 0.2) is 11.5 Å². The molecule has 5 heteroatoms. The number of hydrogen-bond donors (Lipinski definition) is 0. The van der Waals surface area contributed by atoms with Crippen LogP contribution >= 0.6 is 0 Å². The van der Waals surface area contributed by atoms with Gasteiger partial charge in [0.25, 0.3) is 0 Å². The Morgan fingerprint density at radius 1 is 1.50 bits per heavy atom. The van der Waals surface area contributed by atoms with E-state index in [1.54, 1.807) is 25.1 Å². The highest BCUT2D eigenvalue weighted by Gasteiger charge is 2.14. The summed E-state index contributed by atoms with van der Waals surface area (Å²) in [5, 5.41) is 8.90. The number of benzene rings is 1. The van der Waals surface area contributed by atoms with Crippen molar-refractivity contribution in [1.29, 1.82) is 5.26 Å². The van der Waals surface area contributed by atoms with Crippen molar-refractivity contribution in [3.05, 3.63) is 29.3 Å². The summed E-state index contributed by atoms with van der Waals surface area (Å²) in [6.07, 6.45) is 1.46. The number of nitriles is 1. The number of hydrogen-bond acceptors (Lipinski definition) is 5. The first-order chi connectivity index (χ1) is 8.74. The molecule has 1 aliphatic heterocycles. The van der Waals surface area contributed by atoms with Crippen LogP contribution in [0.25, 0.3) is 6.08 Å². The number of ether oxygens (including phenoxy) is 3. The minimum atomic E-state index is -0.627. The van der Waals surface area contributed by atoms with Crippen molar-refractivity contribution >= 4 is 12.0 Å². The van der Waals surface area contributed by atoms with Gasteiger partial charge in [0.05, 0.1) is 6.61 Å². The molecule has 0 spiro atoms. The van der Waals surface area contributed by atoms with Crippen LogP contribution in [0.3, 0.4) is 0 Å². The molecule has 0 N–H and O–H groups in total. The Labute approximate surface area is 104 Å². The van der Waals surface area contributed by atoms with E-state index in [0.29, 0.717) is 17.1 Å². The largest absolute Gasteiger partial charge is 0.462 e. The predicted octanol–water partition coefficient (Wildman–Crippen LogP) is 1.89. The van der Waals surface area contributed by atoms with E-state index in [-0.39, 0.29) is 19.0 Å². The van der Waals surface area contributed by atoms with E-state index in [1.165, 1.54) is 6.08 Å². The lowest BCUT2D eigenvalue weighted by atomic mass is 10.1. The van der Waals surface area contributed by atoms with Gasteiger partial charge in [0.2, 0.25) is 6.79 Å². The maximum atomic E-state index is 11.4. The van der Waals surface area contributed by atoms with E-state index in [9.17, 15) is 4.79 Å². The Morgan fingerprint density at radius 3 is 3.00 bits per heavy atom. The Bertz CT molecular complexity index is 542. The maximum Gasteiger partial charge on any atom is 0.348 e. The van der Waals surface area contributed by atoms with E-state index in [1.807, 2.05) is 6.07 Å². The Kier molecular flexibility index (Phi) is 3.49. The van der Waals surface area contributed by atoms with Crippen LogP contribution in [-0.4, -0.2) is 19.4 Å². The standard InChI is InChI=1S/C13H11NO4/c1-2-16-13(15)10(7-14)5-9-3-4-11-12(6-9)18-8-17-11/h3-6H,2,8H2,1H3. The van der Waals surface area contributed by atoms with Gasteiger partial charge in [-0.3, -0.25) is 0 Å². The van der Waals surface area contributed by atoms with E-state index in [0.717, 1.165) is 0 Å². The summed E-state index contributed by atoms with van der Waals surface area (Å²) in [4.78, 5) is 11.4. The van der Waals surface area contributed by atoms with Gasteiger partial charge in [0.1, 0.15) is 11.6 Å². The average molecular weight is 245 g/mol. The van der Waals surface area contributed by atoms with Crippen molar-refractivity contribution in [3.8, 4) is 17.6 Å². The van der Waals surface area contributed by atoms with E-state index in [4.69, 9.17) is 19.5 Å². The van der Waals surface area contributed by atoms with E-state index >= 15 is 0 Å². The van der Waals surface area contributed by atoms with Gasteiger partial charge in [-0.25, -0.2) is 4.79 Å². The van der Waals surface area contributed by atoms with Crippen molar-refractivity contribution in [2.24, 2.45) is 0 Å². The molecule has 0 unspecified atom stereocenters. The molecule has 0 amide bonds. The molecule has 0 atom stereocenters. The number of carbonyl (C=O) groups is 1. The lowest BCUT2D eigenvalue weighted by Gasteiger charge is -2.01. The van der Waals surface area contributed by atoms with Gasteiger partial charge in [-0.05, 0) is 30.7 Å². The maximum absolute atomic E-state index is 11.4. The summed E-state index contributed by atoms with van der Waals surface area (Å²) >= 11 is 0. The summed E-state index contributed by atoms with van der Waals surface area (Å²) in [6.45, 7) is 2.11. The SMILES string of the molecule is CCOC(=O)C(C#N)=Cc1ccc2c(c1)OCO2. The summed E-state index contributed by atoms with van der Waals surface area (Å²) in [7, 11) is 0. The highest BCUT2D eigenvalue weighted by molar-refractivity contribution is 5.97. The van der Waals surface area contributed by atoms with Gasteiger partial charge in [0, 0.05) is 0 Å². The van der Waals surface area contributed by atoms with Crippen LogP contribution < -0.4 is 9.47 Å². The molecule has 5 nitrogen and oxygen atoms in total. The van der Waals surface area contributed by atoms with Gasteiger partial charge in [-0.2, -0.15) is 5.26 Å². The fourth-order valence-electron chi connectivity index (χ4n) is 1.52. The second-order valence-electron chi connectivity index (χ2n) is 3.50. The third-order valence-electron chi connectivity index (χ3n) is 2.32. The van der Waals surface area contributed by atoms with Crippen LogP contribution in [0.4, 0.5) is 0 Å². The molecule has 18 heavy (non-hydrogen) atoms. The van der Waals surface area contributed by atoms with Gasteiger partial charge >= 0.3 is 5.97 Å². The fraction of sp³-hybridized carbons (Fsp3) is 0.231. The second-order valence-corrected chi connectivity index (χ2v) is 3.50. The van der Waals surface area contributed by atoms with Crippen LogP contribution in [0.15, 0.2) is 23.8 Å². The molecule has 0 aromatic heterocycles. The number of fused-ring (bicyclic) bond motifs is 1. The highest BCUT2D eigenvalue weighted by atomic mass is 16.7. The number of esters is 1. The van der Waals surface area contributed by atoms with Gasteiger partial charge in [-0.1, -0.05) is 6.07 Å². The van der Waals surface area contributed by atoms with Crippen molar-refractivity contribution in [1.82, 2.24) is 0 Å². The first-order valence-corrected chi connectivity index (χ1v) is 5.43. The predicted molar refractivity (Wildman–Crippen MR) is 62.8 cm³/mol. The zero-order chi connectivity index (χ0) is 13.0. The lowest BCUT2D eigenvalue weighted by molar-refractivity contribution is -0.137. The molecule has 0 radical (unpaired) electrons. The zero-order valence-corrected chi connectivity index (χ0v) is 9.80. The minimum absolute atomic E-state index is 0.0456. The van der Waals surface area contributed by atoms with Crippen molar-refractivity contribution in [2.45, 2.75) is 6.92 Å². The summed E-state index contributed by atoms with van der Waals surface area (Å²) in [5.74, 6) is 0.629. The normalized spacial score (nSPS) is 13.0. The number of rotatable bonds is 3. The molecule has 0 fully saturated rings. The van der Waals surface area contributed by atoms with Crippen LogP contribution in [-0.2, 0) is 9.53 Å². The Morgan fingerprint density at radius 2 is 2.28 bits per heavy atom. The molecule has 1 heterocycles. The Balaban J connectivity index is 2.26. The first-order valence-electron chi connectivity index (χ1n) is 5.43. The highest BCUT2D eigenvalue weighted by Crippen LogP contribution is 2.33. The topological polar surface area (TPSA) is 68.6 Å². The minimum Gasteiger partial charge on any atom is -0.462 e. The van der Waals surface area contributed by atoms with Gasteiger partial charge < -0.3 is 14.2 Å². The summed E-state index contributed by atoms with van der Waals surface area (Å²) in [6, 6.07) is 7.00. The van der Waals surface area contributed by atoms with Crippen LogP contribution in [0.1, 0.15) is 12.5 Å². The van der Waals surface area contributed by atoms with Crippen LogP contribution in [0.5, 0.6) is 11.5 Å². The molecule has 1 aromatic rings. The van der Waals surface area contributed by atoms with E-state index in [2.05, 4.69) is 0 Å². The molecule has 0 saturated heterocycles. The molecule has 0 bridgehead atoms. The molecule has 92 valence electrons. The first kappa shape index (κ1) is 12.0. The average Bonchev–Trinajstić information content (AvgIpc) is 2.83. The molecule has 2 rings (SSSR count). The van der Waals surface area contributed by atoms with Crippen molar-refractivity contribution in [2.75, 3.05) is 13.4 Å². The monoisotopic (exact) mass is 245 g/mol. The number of carbonyl (C=O) groups excluding carboxylic acids is 1. The Hall–Kier alpha value is -2.48. The quantitative estimate of drug-likeness (QED) is 0.462. The fourth-order valence-corrected chi connectivity index (χ4v) is 1.52. The van der Waals surface area contributed by atoms with Crippen molar-refractivity contribution in [3.63, 3.8) is 0 Å². The zero-order valence-electron chi connectivity index (χ0n) is 9.80. The molecule has 1 aliphatic rings. The molecular formula is C13H11NO4. The third-order valence-corrected chi connectivity index (χ3v) is 2.32. The molecule has 0 saturated carbocycles.